The Hall–Kier alpha value is -3.45. The van der Waals surface area contributed by atoms with Crippen molar-refractivity contribution in [2.45, 2.75) is 59.8 Å². The van der Waals surface area contributed by atoms with E-state index in [-0.39, 0.29) is 5.41 Å². The van der Waals surface area contributed by atoms with Crippen LogP contribution in [0.5, 0.6) is 0 Å². The first-order chi connectivity index (χ1) is 16.7. The Morgan fingerprint density at radius 1 is 0.657 bits per heavy atom. The lowest BCUT2D eigenvalue weighted by molar-refractivity contribution is 0.663. The highest BCUT2D eigenvalue weighted by Gasteiger charge is 2.37. The molecule has 0 unspecified atom stereocenters. The van der Waals surface area contributed by atoms with Gasteiger partial charge in [-0.25, -0.2) is 0 Å². The number of aryl methyl sites for hydroxylation is 3. The molecule has 0 aliphatic heterocycles. The van der Waals surface area contributed by atoms with E-state index in [1.165, 1.54) is 71.6 Å². The Morgan fingerprint density at radius 2 is 1.37 bits per heavy atom. The van der Waals surface area contributed by atoms with Crippen LogP contribution in [0, 0.1) is 20.8 Å². The zero-order chi connectivity index (χ0) is 24.6. The van der Waals surface area contributed by atoms with Crippen LogP contribution in [-0.2, 0) is 5.41 Å². The summed E-state index contributed by atoms with van der Waals surface area (Å²) in [5, 5.41) is 5.17. The SMILES string of the molecule is Cc1ccc(-c2nccc3c2ccc2c4c(ccc23)-c2cc(C)c(C(C)C)cc2C4(C)C)cc1C. The summed E-state index contributed by atoms with van der Waals surface area (Å²) in [6, 6.07) is 23.1. The van der Waals surface area contributed by atoms with Gasteiger partial charge in [-0.3, -0.25) is 4.98 Å². The van der Waals surface area contributed by atoms with Crippen LogP contribution in [-0.4, -0.2) is 4.98 Å². The number of pyridine rings is 1. The smallest absolute Gasteiger partial charge is 0.0780 e. The lowest BCUT2D eigenvalue weighted by Crippen LogP contribution is -2.16. The third-order valence-electron chi connectivity index (χ3n) is 8.34. The molecule has 1 heteroatoms. The summed E-state index contributed by atoms with van der Waals surface area (Å²) >= 11 is 0. The van der Waals surface area contributed by atoms with Gasteiger partial charge in [-0.05, 0) is 99.5 Å². The Balaban J connectivity index is 1.62. The fraction of sp³-hybridized carbons (Fsp3) is 0.265. The second-order valence-electron chi connectivity index (χ2n) is 11.2. The molecule has 5 aromatic rings. The highest BCUT2D eigenvalue weighted by atomic mass is 14.7. The second kappa shape index (κ2) is 7.52. The van der Waals surface area contributed by atoms with Crippen LogP contribution < -0.4 is 0 Å². The predicted octanol–water partition coefficient (Wildman–Crippen LogP) is 9.41. The molecule has 0 spiro atoms. The minimum atomic E-state index is -0.0425. The van der Waals surface area contributed by atoms with E-state index < -0.39 is 0 Å². The molecule has 0 bridgehead atoms. The quantitative estimate of drug-likeness (QED) is 0.242. The standard InChI is InChI=1S/C34H33N/c1-19(2)29-18-31-30(17-22(29)5)27-11-10-24-25-14-15-35-33(23-9-8-20(3)21(4)16-23)28(25)13-12-26(24)32(27)34(31,6)7/h8-19H,1-7H3. The van der Waals surface area contributed by atoms with Gasteiger partial charge in [-0.2, -0.15) is 0 Å². The lowest BCUT2D eigenvalue weighted by Gasteiger charge is -2.25. The number of benzene rings is 4. The van der Waals surface area contributed by atoms with Crippen molar-refractivity contribution in [3.8, 4) is 22.4 Å². The average molecular weight is 456 g/mol. The topological polar surface area (TPSA) is 12.9 Å². The molecule has 0 N–H and O–H groups in total. The highest BCUT2D eigenvalue weighted by Crippen LogP contribution is 2.53. The van der Waals surface area contributed by atoms with E-state index >= 15 is 0 Å². The van der Waals surface area contributed by atoms with E-state index in [0.717, 1.165) is 5.69 Å². The third-order valence-corrected chi connectivity index (χ3v) is 8.34. The van der Waals surface area contributed by atoms with Crippen molar-refractivity contribution in [2.24, 2.45) is 0 Å². The Kier molecular flexibility index (Phi) is 4.74. The zero-order valence-electron chi connectivity index (χ0n) is 21.9. The highest BCUT2D eigenvalue weighted by molar-refractivity contribution is 6.14. The van der Waals surface area contributed by atoms with E-state index in [1.54, 1.807) is 0 Å². The van der Waals surface area contributed by atoms with E-state index in [1.807, 2.05) is 6.20 Å². The first-order valence-corrected chi connectivity index (χ1v) is 12.8. The van der Waals surface area contributed by atoms with Crippen molar-refractivity contribution in [3.63, 3.8) is 0 Å². The van der Waals surface area contributed by atoms with Gasteiger partial charge in [-0.1, -0.05) is 76.2 Å². The molecule has 1 aliphatic carbocycles. The molecule has 0 radical (unpaired) electrons. The fourth-order valence-electron chi connectivity index (χ4n) is 6.31. The fourth-order valence-corrected chi connectivity index (χ4v) is 6.31. The van der Waals surface area contributed by atoms with Crippen LogP contribution in [0.4, 0.5) is 0 Å². The molecule has 1 heterocycles. The normalized spacial score (nSPS) is 14.1. The lowest BCUT2D eigenvalue weighted by atomic mass is 9.78. The van der Waals surface area contributed by atoms with E-state index in [2.05, 4.69) is 109 Å². The van der Waals surface area contributed by atoms with Gasteiger partial charge in [-0.15, -0.1) is 0 Å². The number of nitrogens with zero attached hydrogens (tertiary/aromatic N) is 1. The summed E-state index contributed by atoms with van der Waals surface area (Å²) in [6.45, 7) is 16.0. The largest absolute Gasteiger partial charge is 0.256 e. The van der Waals surface area contributed by atoms with Crippen molar-refractivity contribution >= 4 is 21.5 Å². The number of rotatable bonds is 2. The van der Waals surface area contributed by atoms with Crippen LogP contribution in [0.25, 0.3) is 43.9 Å². The molecule has 174 valence electrons. The molecule has 0 saturated heterocycles. The van der Waals surface area contributed by atoms with Crippen molar-refractivity contribution < 1.29 is 0 Å². The monoisotopic (exact) mass is 455 g/mol. The third kappa shape index (κ3) is 3.11. The molecule has 0 atom stereocenters. The van der Waals surface area contributed by atoms with Gasteiger partial charge in [0.15, 0.2) is 0 Å². The minimum Gasteiger partial charge on any atom is -0.256 e. The van der Waals surface area contributed by atoms with Gasteiger partial charge in [0, 0.05) is 22.6 Å². The van der Waals surface area contributed by atoms with Crippen LogP contribution in [0.3, 0.4) is 0 Å². The number of aromatic nitrogens is 1. The average Bonchev–Trinajstić information content (AvgIpc) is 3.05. The molecule has 0 fully saturated rings. The van der Waals surface area contributed by atoms with Crippen molar-refractivity contribution in [2.75, 3.05) is 0 Å². The van der Waals surface area contributed by atoms with Gasteiger partial charge < -0.3 is 0 Å². The minimum absolute atomic E-state index is 0.0425. The predicted molar refractivity (Wildman–Crippen MR) is 151 cm³/mol. The van der Waals surface area contributed by atoms with E-state index in [0.29, 0.717) is 5.92 Å². The molecule has 1 nitrogen and oxygen atoms in total. The molecular weight excluding hydrogens is 422 g/mol. The van der Waals surface area contributed by atoms with Crippen molar-refractivity contribution in [1.29, 1.82) is 0 Å². The van der Waals surface area contributed by atoms with Gasteiger partial charge in [0.2, 0.25) is 0 Å². The Morgan fingerprint density at radius 3 is 2.11 bits per heavy atom. The molecule has 1 aliphatic rings. The van der Waals surface area contributed by atoms with Gasteiger partial charge in [0.05, 0.1) is 5.69 Å². The maximum absolute atomic E-state index is 4.82. The molecule has 35 heavy (non-hydrogen) atoms. The number of fused-ring (bicyclic) bond motifs is 7. The van der Waals surface area contributed by atoms with E-state index in [9.17, 15) is 0 Å². The summed E-state index contributed by atoms with van der Waals surface area (Å²) in [6.07, 6.45) is 1.97. The first kappa shape index (κ1) is 22.0. The summed E-state index contributed by atoms with van der Waals surface area (Å²) in [4.78, 5) is 4.82. The second-order valence-corrected chi connectivity index (χ2v) is 11.2. The Labute approximate surface area is 208 Å². The molecule has 0 amide bonds. The van der Waals surface area contributed by atoms with Crippen molar-refractivity contribution in [1.82, 2.24) is 4.98 Å². The summed E-state index contributed by atoms with van der Waals surface area (Å²) in [5.41, 5.74) is 13.4. The Bertz CT molecular complexity index is 1670. The van der Waals surface area contributed by atoms with Crippen LogP contribution in [0.2, 0.25) is 0 Å². The summed E-state index contributed by atoms with van der Waals surface area (Å²) < 4.78 is 0. The van der Waals surface area contributed by atoms with Gasteiger partial charge in [0.25, 0.3) is 0 Å². The van der Waals surface area contributed by atoms with Gasteiger partial charge >= 0.3 is 0 Å². The zero-order valence-corrected chi connectivity index (χ0v) is 21.9. The van der Waals surface area contributed by atoms with E-state index in [4.69, 9.17) is 4.98 Å². The molecule has 6 rings (SSSR count). The maximum Gasteiger partial charge on any atom is 0.0780 e. The summed E-state index contributed by atoms with van der Waals surface area (Å²) in [7, 11) is 0. The maximum atomic E-state index is 4.82. The van der Waals surface area contributed by atoms with Crippen LogP contribution >= 0.6 is 0 Å². The molecule has 4 aromatic carbocycles. The summed E-state index contributed by atoms with van der Waals surface area (Å²) in [5.74, 6) is 0.525. The van der Waals surface area contributed by atoms with Crippen LogP contribution in [0.1, 0.15) is 67.0 Å². The number of hydrogen-bond donors (Lipinski definition) is 0. The molecule has 0 saturated carbocycles. The van der Waals surface area contributed by atoms with Crippen molar-refractivity contribution in [3.05, 3.63) is 100 Å². The molecular formula is C34H33N. The first-order valence-electron chi connectivity index (χ1n) is 12.8. The van der Waals surface area contributed by atoms with Crippen LogP contribution in [0.15, 0.2) is 66.9 Å². The molecule has 1 aromatic heterocycles. The number of hydrogen-bond acceptors (Lipinski definition) is 1. The van der Waals surface area contributed by atoms with Gasteiger partial charge in [0.1, 0.15) is 0 Å².